The number of hydrogen-bond acceptors (Lipinski definition) is 8. The number of piperidine rings is 1. The Morgan fingerprint density at radius 1 is 1.26 bits per heavy atom. The number of aromatic nitrogens is 2. The van der Waals surface area contributed by atoms with Crippen LogP contribution in [0.15, 0.2) is 24.4 Å². The number of β-amino-alcohol motifs (C(OH)–C–C–N with tert-alkyl or cyclic N) is 1. The van der Waals surface area contributed by atoms with Crippen molar-refractivity contribution in [3.8, 4) is 11.6 Å². The molecule has 184 valence electrons. The number of hydrogen-bond donors (Lipinski definition) is 1. The number of rotatable bonds is 6. The van der Waals surface area contributed by atoms with E-state index in [-0.39, 0.29) is 18.8 Å². The van der Waals surface area contributed by atoms with Crippen molar-refractivity contribution in [3.63, 3.8) is 0 Å². The minimum atomic E-state index is -4.66. The topological polar surface area (TPSA) is 83.5 Å². The normalized spacial score (nSPS) is 23.8. The van der Waals surface area contributed by atoms with Gasteiger partial charge in [-0.05, 0) is 24.6 Å². The highest BCUT2D eigenvalue weighted by Crippen LogP contribution is 2.48. The predicted octanol–water partition coefficient (Wildman–Crippen LogP) is 2.98. The van der Waals surface area contributed by atoms with Crippen LogP contribution in [0.4, 0.5) is 19.0 Å². The van der Waals surface area contributed by atoms with Gasteiger partial charge in [0, 0.05) is 50.7 Å². The molecule has 0 saturated carbocycles. The van der Waals surface area contributed by atoms with Crippen LogP contribution in [0, 0.1) is 6.92 Å². The molecule has 5 heterocycles. The first kappa shape index (κ1) is 23.1. The van der Waals surface area contributed by atoms with Gasteiger partial charge in [0.2, 0.25) is 5.88 Å². The number of aliphatic hydroxyl groups excluding tert-OH is 1. The first-order valence-corrected chi connectivity index (χ1v) is 11.3. The van der Waals surface area contributed by atoms with Crippen LogP contribution in [0.2, 0.25) is 0 Å². The highest BCUT2D eigenvalue weighted by Gasteiger charge is 2.52. The molecule has 3 aliphatic rings. The molecule has 3 atom stereocenters. The van der Waals surface area contributed by atoms with Crippen LogP contribution in [0.5, 0.6) is 11.6 Å². The first-order valence-electron chi connectivity index (χ1n) is 11.3. The fourth-order valence-corrected chi connectivity index (χ4v) is 4.68. The maximum Gasteiger partial charge on any atom is 0.415 e. The number of halogens is 3. The SMILES string of the molecule is COc1ccc(OC2CCN(c3nc4c(cc3C)C3OC3N(CC(O)C(F)(F)F)C4)CC2)cn1. The number of pyridine rings is 2. The molecule has 0 aromatic carbocycles. The highest BCUT2D eigenvalue weighted by molar-refractivity contribution is 5.51. The lowest BCUT2D eigenvalue weighted by atomic mass is 10.0. The summed E-state index contributed by atoms with van der Waals surface area (Å²) in [6.07, 6.45) is -4.48. The molecule has 3 aliphatic heterocycles. The summed E-state index contributed by atoms with van der Waals surface area (Å²) in [7, 11) is 1.56. The van der Waals surface area contributed by atoms with Gasteiger partial charge in [-0.3, -0.25) is 4.90 Å². The van der Waals surface area contributed by atoms with Gasteiger partial charge in [0.25, 0.3) is 0 Å². The maximum atomic E-state index is 12.8. The zero-order valence-electron chi connectivity index (χ0n) is 19.0. The molecule has 0 bridgehead atoms. The van der Waals surface area contributed by atoms with Crippen LogP contribution in [-0.4, -0.2) is 71.3 Å². The molecule has 11 heteroatoms. The Kier molecular flexibility index (Phi) is 6.03. The van der Waals surface area contributed by atoms with E-state index in [0.29, 0.717) is 17.3 Å². The minimum absolute atomic E-state index is 0.0596. The van der Waals surface area contributed by atoms with Crippen LogP contribution in [0.1, 0.15) is 35.8 Å². The number of fused-ring (bicyclic) bond motifs is 3. The van der Waals surface area contributed by atoms with Gasteiger partial charge >= 0.3 is 6.18 Å². The number of aliphatic hydroxyl groups is 1. The minimum Gasteiger partial charge on any atom is -0.489 e. The van der Waals surface area contributed by atoms with E-state index in [4.69, 9.17) is 19.2 Å². The standard InChI is InChI=1S/C23H27F3N4O4/c1-13-9-16-17(11-30(22-20(16)34-22)12-18(31)23(24,25)26)28-21(13)29-7-5-14(6-8-29)33-15-3-4-19(32-2)27-10-15/h3-4,9-10,14,18,20,22,31H,5-8,11-12H2,1-2H3. The second kappa shape index (κ2) is 8.86. The highest BCUT2D eigenvalue weighted by atomic mass is 19.4. The Morgan fingerprint density at radius 2 is 2.03 bits per heavy atom. The van der Waals surface area contributed by atoms with E-state index in [9.17, 15) is 18.3 Å². The zero-order chi connectivity index (χ0) is 24.0. The van der Waals surface area contributed by atoms with Crippen molar-refractivity contribution in [1.29, 1.82) is 0 Å². The van der Waals surface area contributed by atoms with Crippen molar-refractivity contribution >= 4 is 5.82 Å². The molecule has 3 unspecified atom stereocenters. The van der Waals surface area contributed by atoms with Crippen molar-refractivity contribution in [2.24, 2.45) is 0 Å². The fourth-order valence-electron chi connectivity index (χ4n) is 4.68. The average molecular weight is 480 g/mol. The van der Waals surface area contributed by atoms with Gasteiger partial charge in [-0.1, -0.05) is 0 Å². The van der Waals surface area contributed by atoms with Gasteiger partial charge in [0.15, 0.2) is 6.10 Å². The number of nitrogens with zero attached hydrogens (tertiary/aromatic N) is 4. The molecule has 0 aliphatic carbocycles. The van der Waals surface area contributed by atoms with Crippen molar-refractivity contribution < 1.29 is 32.5 Å². The zero-order valence-corrected chi connectivity index (χ0v) is 19.0. The van der Waals surface area contributed by atoms with Crippen molar-refractivity contribution in [1.82, 2.24) is 14.9 Å². The number of anilines is 1. The fraction of sp³-hybridized carbons (Fsp3) is 0.565. The third-order valence-corrected chi connectivity index (χ3v) is 6.53. The number of alkyl halides is 3. The van der Waals surface area contributed by atoms with Crippen molar-refractivity contribution in [2.45, 2.75) is 57.0 Å². The quantitative estimate of drug-likeness (QED) is 0.632. The summed E-state index contributed by atoms with van der Waals surface area (Å²) in [4.78, 5) is 12.7. The van der Waals surface area contributed by atoms with Crippen LogP contribution in [-0.2, 0) is 11.3 Å². The molecule has 2 fully saturated rings. The number of methoxy groups -OCH3 is 1. The molecule has 1 N–H and O–H groups in total. The Morgan fingerprint density at radius 3 is 2.68 bits per heavy atom. The largest absolute Gasteiger partial charge is 0.489 e. The summed E-state index contributed by atoms with van der Waals surface area (Å²) in [5.74, 6) is 2.06. The van der Waals surface area contributed by atoms with Crippen LogP contribution in [0.3, 0.4) is 0 Å². The summed E-state index contributed by atoms with van der Waals surface area (Å²) in [6.45, 7) is 3.17. The predicted molar refractivity (Wildman–Crippen MR) is 116 cm³/mol. The molecule has 5 rings (SSSR count). The molecule has 2 aromatic rings. The Bertz CT molecular complexity index is 1030. The second-order valence-electron chi connectivity index (χ2n) is 8.94. The Hall–Kier alpha value is -2.63. The van der Waals surface area contributed by atoms with Gasteiger partial charge < -0.3 is 24.2 Å². The lowest BCUT2D eigenvalue weighted by molar-refractivity contribution is -0.209. The molecule has 2 aromatic heterocycles. The third kappa shape index (κ3) is 4.64. The number of ether oxygens (including phenoxy) is 3. The molecule has 0 spiro atoms. The maximum absolute atomic E-state index is 12.8. The van der Waals surface area contributed by atoms with E-state index in [2.05, 4.69) is 9.88 Å². The first-order chi connectivity index (χ1) is 16.2. The van der Waals surface area contributed by atoms with Gasteiger partial charge in [-0.2, -0.15) is 13.2 Å². The number of epoxide rings is 1. The van der Waals surface area contributed by atoms with E-state index >= 15 is 0 Å². The van der Waals surface area contributed by atoms with Crippen molar-refractivity contribution in [2.75, 3.05) is 31.6 Å². The molecule has 2 saturated heterocycles. The summed E-state index contributed by atoms with van der Waals surface area (Å²) in [5, 5.41) is 9.51. The van der Waals surface area contributed by atoms with Gasteiger partial charge in [-0.25, -0.2) is 9.97 Å². The third-order valence-electron chi connectivity index (χ3n) is 6.53. The molecular weight excluding hydrogens is 453 g/mol. The number of aryl methyl sites for hydroxylation is 1. The molecule has 34 heavy (non-hydrogen) atoms. The Labute approximate surface area is 195 Å². The lowest BCUT2D eigenvalue weighted by Gasteiger charge is -2.35. The monoisotopic (exact) mass is 480 g/mol. The van der Waals surface area contributed by atoms with E-state index in [1.807, 2.05) is 19.1 Å². The van der Waals surface area contributed by atoms with E-state index < -0.39 is 25.1 Å². The van der Waals surface area contributed by atoms with Gasteiger partial charge in [-0.15, -0.1) is 0 Å². The smallest absolute Gasteiger partial charge is 0.415 e. The lowest BCUT2D eigenvalue weighted by Crippen LogP contribution is -2.43. The summed E-state index contributed by atoms with van der Waals surface area (Å²) in [5.41, 5.74) is 2.64. The second-order valence-corrected chi connectivity index (χ2v) is 8.94. The van der Waals surface area contributed by atoms with Gasteiger partial charge in [0.1, 0.15) is 30.0 Å². The van der Waals surface area contributed by atoms with E-state index in [1.54, 1.807) is 19.4 Å². The van der Waals surface area contributed by atoms with Gasteiger partial charge in [0.05, 0.1) is 19.0 Å². The van der Waals surface area contributed by atoms with E-state index in [0.717, 1.165) is 42.9 Å². The van der Waals surface area contributed by atoms with Crippen molar-refractivity contribution in [3.05, 3.63) is 41.2 Å². The van der Waals surface area contributed by atoms with Crippen LogP contribution >= 0.6 is 0 Å². The van der Waals surface area contributed by atoms with E-state index in [1.165, 1.54) is 4.90 Å². The molecule has 8 nitrogen and oxygen atoms in total. The average Bonchev–Trinajstić information content (AvgIpc) is 3.61. The molecular formula is C23H27F3N4O4. The summed E-state index contributed by atoms with van der Waals surface area (Å²) in [6, 6.07) is 5.63. The molecule has 0 radical (unpaired) electrons. The summed E-state index contributed by atoms with van der Waals surface area (Å²) >= 11 is 0. The molecule has 0 amide bonds. The van der Waals surface area contributed by atoms with Crippen LogP contribution in [0.25, 0.3) is 0 Å². The van der Waals surface area contributed by atoms with Crippen LogP contribution < -0.4 is 14.4 Å². The summed E-state index contributed by atoms with van der Waals surface area (Å²) < 4.78 is 55.3. The Balaban J connectivity index is 1.24.